The maximum Gasteiger partial charge on any atom is 0.224 e. The van der Waals surface area contributed by atoms with Gasteiger partial charge in [-0.1, -0.05) is 44.9 Å². The van der Waals surface area contributed by atoms with Gasteiger partial charge in [0.15, 0.2) is 0 Å². The van der Waals surface area contributed by atoms with E-state index in [-0.39, 0.29) is 12.0 Å². The molecule has 1 aliphatic rings. The third-order valence-corrected chi connectivity index (χ3v) is 4.56. The lowest BCUT2D eigenvalue weighted by Crippen LogP contribution is -2.35. The Bertz CT molecular complexity index is 496. The van der Waals surface area contributed by atoms with E-state index in [1.165, 1.54) is 0 Å². The molecule has 23 heavy (non-hydrogen) atoms. The van der Waals surface area contributed by atoms with Gasteiger partial charge < -0.3 is 10.4 Å². The number of carbonyl (C=O) groups excluding carboxylic acids is 1. The number of aliphatic hydroxyl groups is 1. The summed E-state index contributed by atoms with van der Waals surface area (Å²) in [7, 11) is 0. The molecule has 1 atom stereocenters. The summed E-state index contributed by atoms with van der Waals surface area (Å²) in [4.78, 5) is 14.6. The molecule has 1 aromatic rings. The van der Waals surface area contributed by atoms with Crippen LogP contribution in [0.15, 0.2) is 24.3 Å². The van der Waals surface area contributed by atoms with Crippen LogP contribution in [0.2, 0.25) is 0 Å². The summed E-state index contributed by atoms with van der Waals surface area (Å²) in [6, 6.07) is 8.05. The lowest BCUT2D eigenvalue weighted by molar-refractivity contribution is -0.117. The van der Waals surface area contributed by atoms with Crippen molar-refractivity contribution in [2.75, 3.05) is 18.4 Å². The van der Waals surface area contributed by atoms with Crippen molar-refractivity contribution in [2.45, 2.75) is 58.6 Å². The highest BCUT2D eigenvalue weighted by molar-refractivity contribution is 5.91. The largest absolute Gasteiger partial charge is 0.393 e. The highest BCUT2D eigenvalue weighted by Crippen LogP contribution is 2.21. The SMILES string of the molecule is CCCC(C)CC(=O)Nc1ccccc1CN1CCC(O)CC1. The van der Waals surface area contributed by atoms with Crippen LogP contribution in [0, 0.1) is 5.92 Å². The smallest absolute Gasteiger partial charge is 0.224 e. The fourth-order valence-corrected chi connectivity index (χ4v) is 3.21. The summed E-state index contributed by atoms with van der Waals surface area (Å²) in [6.45, 7) is 6.94. The van der Waals surface area contributed by atoms with Gasteiger partial charge in [0.2, 0.25) is 5.91 Å². The number of nitrogens with zero attached hydrogens (tertiary/aromatic N) is 1. The third-order valence-electron chi connectivity index (χ3n) is 4.56. The van der Waals surface area contributed by atoms with Crippen molar-refractivity contribution in [2.24, 2.45) is 5.92 Å². The predicted molar refractivity (Wildman–Crippen MR) is 94.3 cm³/mol. The van der Waals surface area contributed by atoms with Crippen LogP contribution in [0.4, 0.5) is 5.69 Å². The first-order chi connectivity index (χ1) is 11.1. The van der Waals surface area contributed by atoms with E-state index in [0.717, 1.165) is 56.6 Å². The minimum atomic E-state index is -0.152. The number of carbonyl (C=O) groups is 1. The van der Waals surface area contributed by atoms with E-state index < -0.39 is 0 Å². The van der Waals surface area contributed by atoms with Crippen LogP contribution in [0.1, 0.15) is 51.5 Å². The van der Waals surface area contributed by atoms with E-state index in [0.29, 0.717) is 12.3 Å². The van der Waals surface area contributed by atoms with Crippen LogP contribution in [0.5, 0.6) is 0 Å². The lowest BCUT2D eigenvalue weighted by atomic mass is 10.0. The van der Waals surface area contributed by atoms with Crippen molar-refractivity contribution in [3.8, 4) is 0 Å². The van der Waals surface area contributed by atoms with Gasteiger partial charge >= 0.3 is 0 Å². The Morgan fingerprint density at radius 3 is 2.74 bits per heavy atom. The van der Waals surface area contributed by atoms with E-state index in [4.69, 9.17) is 0 Å². The Labute approximate surface area is 139 Å². The van der Waals surface area contributed by atoms with E-state index in [1.807, 2.05) is 18.2 Å². The number of para-hydroxylation sites is 1. The lowest BCUT2D eigenvalue weighted by Gasteiger charge is -2.30. The topological polar surface area (TPSA) is 52.6 Å². The second kappa shape index (κ2) is 9.04. The summed E-state index contributed by atoms with van der Waals surface area (Å²) < 4.78 is 0. The number of nitrogens with one attached hydrogen (secondary N) is 1. The minimum Gasteiger partial charge on any atom is -0.393 e. The van der Waals surface area contributed by atoms with Crippen LogP contribution >= 0.6 is 0 Å². The number of piperidine rings is 1. The van der Waals surface area contributed by atoms with Crippen molar-refractivity contribution in [3.05, 3.63) is 29.8 Å². The number of benzene rings is 1. The number of rotatable bonds is 7. The number of hydrogen-bond acceptors (Lipinski definition) is 3. The monoisotopic (exact) mass is 318 g/mol. The summed E-state index contributed by atoms with van der Waals surface area (Å²) >= 11 is 0. The fraction of sp³-hybridized carbons (Fsp3) is 0.632. The first-order valence-corrected chi connectivity index (χ1v) is 8.86. The van der Waals surface area contributed by atoms with Gasteiger partial charge in [0, 0.05) is 31.7 Å². The molecule has 0 aliphatic carbocycles. The first kappa shape index (κ1) is 18.0. The Hall–Kier alpha value is -1.39. The quantitative estimate of drug-likeness (QED) is 0.810. The fourth-order valence-electron chi connectivity index (χ4n) is 3.21. The second-order valence-corrected chi connectivity index (χ2v) is 6.81. The van der Waals surface area contributed by atoms with Gasteiger partial charge in [0.05, 0.1) is 6.10 Å². The number of hydrogen-bond donors (Lipinski definition) is 2. The van der Waals surface area contributed by atoms with E-state index in [1.54, 1.807) is 0 Å². The molecule has 1 fully saturated rings. The predicted octanol–water partition coefficient (Wildman–Crippen LogP) is 3.41. The molecule has 0 aromatic heterocycles. The molecule has 2 rings (SSSR count). The molecule has 0 radical (unpaired) electrons. The molecule has 0 bridgehead atoms. The third kappa shape index (κ3) is 5.96. The number of likely N-dealkylation sites (tertiary alicyclic amines) is 1. The van der Waals surface area contributed by atoms with Crippen molar-refractivity contribution >= 4 is 11.6 Å². The normalized spacial score (nSPS) is 17.9. The van der Waals surface area contributed by atoms with Gasteiger partial charge in [0.1, 0.15) is 0 Å². The molecular weight excluding hydrogens is 288 g/mol. The Balaban J connectivity index is 1.93. The van der Waals surface area contributed by atoms with Crippen molar-refractivity contribution in [1.82, 2.24) is 4.90 Å². The molecular formula is C19H30N2O2. The zero-order chi connectivity index (χ0) is 16.7. The molecule has 4 heteroatoms. The molecule has 4 nitrogen and oxygen atoms in total. The van der Waals surface area contributed by atoms with Crippen LogP contribution in [0.25, 0.3) is 0 Å². The van der Waals surface area contributed by atoms with Gasteiger partial charge in [0.25, 0.3) is 0 Å². The maximum absolute atomic E-state index is 12.2. The molecule has 0 saturated carbocycles. The Morgan fingerprint density at radius 1 is 1.35 bits per heavy atom. The van der Waals surface area contributed by atoms with Crippen LogP contribution in [-0.2, 0) is 11.3 Å². The second-order valence-electron chi connectivity index (χ2n) is 6.81. The zero-order valence-electron chi connectivity index (χ0n) is 14.4. The van der Waals surface area contributed by atoms with Gasteiger partial charge in [-0.15, -0.1) is 0 Å². The Kier molecular flexibility index (Phi) is 7.06. The van der Waals surface area contributed by atoms with E-state index in [2.05, 4.69) is 30.1 Å². The molecule has 128 valence electrons. The highest BCUT2D eigenvalue weighted by Gasteiger charge is 2.18. The average Bonchev–Trinajstić information content (AvgIpc) is 2.51. The number of aliphatic hydroxyl groups excluding tert-OH is 1. The Morgan fingerprint density at radius 2 is 2.04 bits per heavy atom. The minimum absolute atomic E-state index is 0.104. The van der Waals surface area contributed by atoms with Crippen LogP contribution in [-0.4, -0.2) is 35.1 Å². The van der Waals surface area contributed by atoms with E-state index >= 15 is 0 Å². The molecule has 1 aliphatic heterocycles. The van der Waals surface area contributed by atoms with Gasteiger partial charge in [-0.05, 0) is 30.4 Å². The average molecular weight is 318 g/mol. The summed E-state index contributed by atoms with van der Waals surface area (Å²) in [6.07, 6.45) is 4.31. The molecule has 1 unspecified atom stereocenters. The van der Waals surface area contributed by atoms with Gasteiger partial charge in [-0.2, -0.15) is 0 Å². The van der Waals surface area contributed by atoms with Gasteiger partial charge in [-0.3, -0.25) is 9.69 Å². The van der Waals surface area contributed by atoms with Crippen molar-refractivity contribution in [1.29, 1.82) is 0 Å². The molecule has 2 N–H and O–H groups in total. The zero-order valence-corrected chi connectivity index (χ0v) is 14.4. The molecule has 1 amide bonds. The summed E-state index contributed by atoms with van der Waals surface area (Å²) in [5.41, 5.74) is 2.08. The molecule has 1 aromatic carbocycles. The molecule has 1 saturated heterocycles. The van der Waals surface area contributed by atoms with Crippen LogP contribution in [0.3, 0.4) is 0 Å². The van der Waals surface area contributed by atoms with Crippen molar-refractivity contribution < 1.29 is 9.90 Å². The molecule has 0 spiro atoms. The highest BCUT2D eigenvalue weighted by atomic mass is 16.3. The van der Waals surface area contributed by atoms with Crippen molar-refractivity contribution in [3.63, 3.8) is 0 Å². The maximum atomic E-state index is 12.2. The van der Waals surface area contributed by atoms with Gasteiger partial charge in [-0.25, -0.2) is 0 Å². The first-order valence-electron chi connectivity index (χ1n) is 8.86. The van der Waals surface area contributed by atoms with E-state index in [9.17, 15) is 9.90 Å². The molecule has 1 heterocycles. The number of amides is 1. The number of anilines is 1. The van der Waals surface area contributed by atoms with Crippen LogP contribution < -0.4 is 5.32 Å². The summed E-state index contributed by atoms with van der Waals surface area (Å²) in [5, 5.41) is 12.7. The standard InChI is InChI=1S/C19H30N2O2/c1-3-6-15(2)13-19(23)20-18-8-5-4-7-16(18)14-21-11-9-17(22)10-12-21/h4-5,7-8,15,17,22H,3,6,9-14H2,1-2H3,(H,20,23). The summed E-state index contributed by atoms with van der Waals surface area (Å²) in [5.74, 6) is 0.531.